The van der Waals surface area contributed by atoms with Crippen LogP contribution < -0.4 is 0 Å². The minimum Gasteiger partial charge on any atom is -0.478 e. The molecule has 0 heterocycles. The number of carboxylic acid groups (broad SMARTS) is 1. The van der Waals surface area contributed by atoms with E-state index in [2.05, 4.69) is 0 Å². The second-order valence-corrected chi connectivity index (χ2v) is 3.22. The predicted molar refractivity (Wildman–Crippen MR) is 56.5 cm³/mol. The molecule has 0 spiro atoms. The first-order valence-electron chi connectivity index (χ1n) is 4.44. The summed E-state index contributed by atoms with van der Waals surface area (Å²) in [7, 11) is 0. The summed E-state index contributed by atoms with van der Waals surface area (Å²) in [6.07, 6.45) is 5.81. The van der Waals surface area contributed by atoms with Crippen LogP contribution >= 0.6 is 0 Å². The fourth-order valence-electron chi connectivity index (χ4n) is 1.47. The molecular formula is C12H8O3. The molecule has 0 bridgehead atoms. The lowest BCUT2D eigenvalue weighted by Crippen LogP contribution is -1.91. The van der Waals surface area contributed by atoms with Crippen molar-refractivity contribution in [2.75, 3.05) is 0 Å². The minimum absolute atomic E-state index is 0.00114. The highest BCUT2D eigenvalue weighted by Gasteiger charge is 2.12. The number of ketones is 1. The van der Waals surface area contributed by atoms with Gasteiger partial charge in [0.2, 0.25) is 0 Å². The Hall–Kier alpha value is -2.16. The molecule has 1 N–H and O–H groups in total. The van der Waals surface area contributed by atoms with Gasteiger partial charge in [-0.25, -0.2) is 4.79 Å². The van der Waals surface area contributed by atoms with E-state index >= 15 is 0 Å². The van der Waals surface area contributed by atoms with E-state index in [1.165, 1.54) is 12.2 Å². The maximum absolute atomic E-state index is 11.2. The molecule has 0 atom stereocenters. The molecule has 0 aromatic heterocycles. The van der Waals surface area contributed by atoms with E-state index in [1.54, 1.807) is 24.3 Å². The fraction of sp³-hybridized carbons (Fsp3) is 0. The summed E-state index contributed by atoms with van der Waals surface area (Å²) in [4.78, 5) is 21.5. The third-order valence-electron chi connectivity index (χ3n) is 2.17. The molecule has 1 aromatic rings. The Morgan fingerprint density at radius 3 is 2.80 bits per heavy atom. The third-order valence-corrected chi connectivity index (χ3v) is 2.17. The zero-order chi connectivity index (χ0) is 10.8. The first-order chi connectivity index (χ1) is 7.16. The van der Waals surface area contributed by atoms with Crippen LogP contribution in [0.4, 0.5) is 0 Å². The van der Waals surface area contributed by atoms with E-state index in [1.807, 2.05) is 0 Å². The van der Waals surface area contributed by atoms with Crippen LogP contribution in [0.5, 0.6) is 0 Å². The smallest absolute Gasteiger partial charge is 0.328 e. The van der Waals surface area contributed by atoms with E-state index in [0.29, 0.717) is 5.56 Å². The summed E-state index contributed by atoms with van der Waals surface area (Å²) >= 11 is 0. The molecule has 15 heavy (non-hydrogen) atoms. The van der Waals surface area contributed by atoms with Crippen molar-refractivity contribution >= 4 is 23.9 Å². The van der Waals surface area contributed by atoms with Gasteiger partial charge in [-0.05, 0) is 35.4 Å². The zero-order valence-corrected chi connectivity index (χ0v) is 7.81. The number of fused-ring (bicyclic) bond motifs is 1. The molecule has 3 heteroatoms. The molecule has 2 rings (SSSR count). The zero-order valence-electron chi connectivity index (χ0n) is 7.81. The van der Waals surface area contributed by atoms with Crippen molar-refractivity contribution in [2.24, 2.45) is 0 Å². The molecule has 0 saturated carbocycles. The van der Waals surface area contributed by atoms with Crippen LogP contribution in [0.3, 0.4) is 0 Å². The molecular weight excluding hydrogens is 192 g/mol. The summed E-state index contributed by atoms with van der Waals surface area (Å²) in [6.45, 7) is 0. The number of allylic oxidation sites excluding steroid dienone is 1. The molecule has 1 aromatic carbocycles. The molecule has 0 saturated heterocycles. The number of benzene rings is 1. The maximum Gasteiger partial charge on any atom is 0.328 e. The molecule has 3 nitrogen and oxygen atoms in total. The monoisotopic (exact) mass is 200 g/mol. The summed E-state index contributed by atoms with van der Waals surface area (Å²) in [5.41, 5.74) is 2.28. The Bertz CT molecular complexity index is 496. The number of hydrogen-bond donors (Lipinski definition) is 1. The number of carboxylic acids is 1. The van der Waals surface area contributed by atoms with Gasteiger partial charge in [0.15, 0.2) is 5.78 Å². The Kier molecular flexibility index (Phi) is 2.21. The lowest BCUT2D eigenvalue weighted by atomic mass is 10.1. The fourth-order valence-corrected chi connectivity index (χ4v) is 1.47. The SMILES string of the molecule is O=C(O)C=Cc1ccc2c(c1)C=CC2=O. The second-order valence-electron chi connectivity index (χ2n) is 3.22. The van der Waals surface area contributed by atoms with E-state index in [4.69, 9.17) is 5.11 Å². The maximum atomic E-state index is 11.2. The molecule has 74 valence electrons. The highest BCUT2D eigenvalue weighted by molar-refractivity contribution is 6.13. The highest BCUT2D eigenvalue weighted by atomic mass is 16.4. The topological polar surface area (TPSA) is 54.4 Å². The molecule has 0 amide bonds. The Labute approximate surface area is 86.4 Å². The number of carbonyl (C=O) groups is 2. The van der Waals surface area contributed by atoms with Crippen LogP contribution in [0.1, 0.15) is 21.5 Å². The van der Waals surface area contributed by atoms with Crippen molar-refractivity contribution in [2.45, 2.75) is 0 Å². The quantitative estimate of drug-likeness (QED) is 0.743. The third kappa shape index (κ3) is 1.86. The van der Waals surface area contributed by atoms with Crippen molar-refractivity contribution in [1.29, 1.82) is 0 Å². The molecule has 1 aliphatic carbocycles. The van der Waals surface area contributed by atoms with Gasteiger partial charge < -0.3 is 5.11 Å². The largest absolute Gasteiger partial charge is 0.478 e. The Balaban J connectivity index is 2.35. The number of rotatable bonds is 2. The van der Waals surface area contributed by atoms with Crippen LogP contribution in [-0.2, 0) is 4.79 Å². The van der Waals surface area contributed by atoms with Crippen molar-refractivity contribution in [3.05, 3.63) is 47.0 Å². The summed E-state index contributed by atoms with van der Waals surface area (Å²) in [5, 5.41) is 8.46. The van der Waals surface area contributed by atoms with Crippen LogP contribution in [0.25, 0.3) is 12.2 Å². The van der Waals surface area contributed by atoms with E-state index < -0.39 is 5.97 Å². The van der Waals surface area contributed by atoms with Gasteiger partial charge in [0, 0.05) is 11.6 Å². The van der Waals surface area contributed by atoms with Crippen molar-refractivity contribution in [1.82, 2.24) is 0 Å². The normalized spacial score (nSPS) is 13.5. The van der Waals surface area contributed by atoms with E-state index in [-0.39, 0.29) is 5.78 Å². The van der Waals surface area contributed by atoms with Gasteiger partial charge in [-0.2, -0.15) is 0 Å². The number of carbonyl (C=O) groups excluding carboxylic acids is 1. The van der Waals surface area contributed by atoms with Crippen LogP contribution in [0, 0.1) is 0 Å². The number of hydrogen-bond acceptors (Lipinski definition) is 2. The summed E-state index contributed by atoms with van der Waals surface area (Å²) < 4.78 is 0. The lowest BCUT2D eigenvalue weighted by Gasteiger charge is -1.98. The van der Waals surface area contributed by atoms with Crippen LogP contribution in [-0.4, -0.2) is 16.9 Å². The molecule has 0 unspecified atom stereocenters. The van der Waals surface area contributed by atoms with Crippen LogP contribution in [0.2, 0.25) is 0 Å². The van der Waals surface area contributed by atoms with Crippen molar-refractivity contribution in [3.63, 3.8) is 0 Å². The minimum atomic E-state index is -0.984. The lowest BCUT2D eigenvalue weighted by molar-refractivity contribution is -0.131. The number of aliphatic carboxylic acids is 1. The first kappa shape index (κ1) is 9.40. The van der Waals surface area contributed by atoms with Crippen LogP contribution in [0.15, 0.2) is 30.4 Å². The standard InChI is InChI=1S/C12H8O3/c13-11-5-3-9-7-8(1-4-10(9)11)2-6-12(14)15/h1-7H,(H,14,15). The van der Waals surface area contributed by atoms with Gasteiger partial charge in [0.05, 0.1) is 0 Å². The van der Waals surface area contributed by atoms with Gasteiger partial charge in [-0.1, -0.05) is 12.1 Å². The summed E-state index contributed by atoms with van der Waals surface area (Å²) in [6, 6.07) is 5.22. The Morgan fingerprint density at radius 2 is 2.07 bits per heavy atom. The van der Waals surface area contributed by atoms with Gasteiger partial charge in [0.25, 0.3) is 0 Å². The van der Waals surface area contributed by atoms with Gasteiger partial charge >= 0.3 is 5.97 Å². The van der Waals surface area contributed by atoms with E-state index in [0.717, 1.165) is 17.2 Å². The van der Waals surface area contributed by atoms with Crippen molar-refractivity contribution in [3.8, 4) is 0 Å². The molecule has 0 radical (unpaired) electrons. The van der Waals surface area contributed by atoms with E-state index in [9.17, 15) is 9.59 Å². The molecule has 1 aliphatic rings. The summed E-state index contributed by atoms with van der Waals surface area (Å²) in [5.74, 6) is -0.985. The Morgan fingerprint density at radius 1 is 1.27 bits per heavy atom. The van der Waals surface area contributed by atoms with Gasteiger partial charge in [-0.3, -0.25) is 4.79 Å². The average Bonchev–Trinajstić information content (AvgIpc) is 2.57. The average molecular weight is 200 g/mol. The first-order valence-corrected chi connectivity index (χ1v) is 4.44. The van der Waals surface area contributed by atoms with Gasteiger partial charge in [-0.15, -0.1) is 0 Å². The molecule has 0 fully saturated rings. The highest BCUT2D eigenvalue weighted by Crippen LogP contribution is 2.21. The van der Waals surface area contributed by atoms with Crippen molar-refractivity contribution < 1.29 is 14.7 Å². The van der Waals surface area contributed by atoms with Gasteiger partial charge in [0.1, 0.15) is 0 Å². The predicted octanol–water partition coefficient (Wildman–Crippen LogP) is 1.99. The molecule has 0 aliphatic heterocycles. The second kappa shape index (κ2) is 3.53.